The van der Waals surface area contributed by atoms with Crippen molar-refractivity contribution in [3.63, 3.8) is 0 Å². The second kappa shape index (κ2) is 5.42. The molecule has 1 saturated carbocycles. The number of nitrogens with one attached hydrogen (secondary N) is 1. The Hall–Kier alpha value is -0.590. The van der Waals surface area contributed by atoms with Crippen LogP contribution >= 0.6 is 26.6 Å². The monoisotopic (exact) mass is 365 g/mol. The van der Waals surface area contributed by atoms with Gasteiger partial charge in [-0.15, -0.1) is 0 Å². The first-order valence-corrected chi connectivity index (χ1v) is 8.98. The highest BCUT2D eigenvalue weighted by Crippen LogP contribution is 2.33. The van der Waals surface area contributed by atoms with E-state index in [2.05, 4.69) is 28.2 Å². The Morgan fingerprint density at radius 3 is 2.74 bits per heavy atom. The number of hydrogen-bond acceptors (Lipinski definition) is 3. The minimum Gasteiger partial charge on any atom is -0.349 e. The van der Waals surface area contributed by atoms with Gasteiger partial charge < -0.3 is 5.32 Å². The third-order valence-corrected chi connectivity index (χ3v) is 5.54. The molecule has 0 radical (unpaired) electrons. The Morgan fingerprint density at radius 1 is 1.53 bits per heavy atom. The maximum absolute atomic E-state index is 12.0. The molecule has 2 rings (SSSR count). The summed E-state index contributed by atoms with van der Waals surface area (Å²) >= 11 is 3.10. The molecule has 1 N–H and O–H groups in total. The zero-order chi connectivity index (χ0) is 14.2. The van der Waals surface area contributed by atoms with Crippen molar-refractivity contribution in [1.29, 1.82) is 0 Å². The van der Waals surface area contributed by atoms with E-state index >= 15 is 0 Å². The zero-order valence-electron chi connectivity index (χ0n) is 10.2. The number of carbonyl (C=O) groups is 1. The minimum absolute atomic E-state index is 0.0929. The van der Waals surface area contributed by atoms with Crippen LogP contribution in [0.25, 0.3) is 0 Å². The average Bonchev–Trinajstić information content (AvgIpc) is 3.06. The fourth-order valence-electron chi connectivity index (χ4n) is 1.96. The summed E-state index contributed by atoms with van der Waals surface area (Å²) < 4.78 is 23.1. The molecule has 0 bridgehead atoms. The lowest BCUT2D eigenvalue weighted by atomic mass is 10.2. The molecule has 19 heavy (non-hydrogen) atoms. The van der Waals surface area contributed by atoms with E-state index in [0.717, 1.165) is 12.8 Å². The molecule has 1 aliphatic rings. The Labute approximate surface area is 125 Å². The van der Waals surface area contributed by atoms with Gasteiger partial charge in [0.25, 0.3) is 15.0 Å². The van der Waals surface area contributed by atoms with Crippen molar-refractivity contribution in [3.8, 4) is 0 Å². The van der Waals surface area contributed by atoms with Crippen molar-refractivity contribution in [2.75, 3.05) is 0 Å². The van der Waals surface area contributed by atoms with E-state index in [9.17, 15) is 13.2 Å². The van der Waals surface area contributed by atoms with Gasteiger partial charge in [0.1, 0.15) is 0 Å². The Kier molecular flexibility index (Phi) is 4.23. The van der Waals surface area contributed by atoms with Crippen LogP contribution in [0.15, 0.2) is 27.6 Å². The SMILES string of the molecule is CCC1CC1NC(=O)c1ccc(Br)c(S(=O)(=O)Cl)c1. The number of halogens is 2. The maximum Gasteiger partial charge on any atom is 0.262 e. The third-order valence-electron chi connectivity index (χ3n) is 3.22. The first-order valence-electron chi connectivity index (χ1n) is 5.88. The highest BCUT2D eigenvalue weighted by Gasteiger charge is 2.36. The van der Waals surface area contributed by atoms with Gasteiger partial charge in [0, 0.05) is 26.8 Å². The molecule has 1 aliphatic carbocycles. The van der Waals surface area contributed by atoms with Crippen LogP contribution < -0.4 is 5.32 Å². The van der Waals surface area contributed by atoms with Gasteiger partial charge in [-0.1, -0.05) is 13.3 Å². The smallest absolute Gasteiger partial charge is 0.262 e. The molecule has 1 amide bonds. The lowest BCUT2D eigenvalue weighted by molar-refractivity contribution is 0.0948. The predicted octanol–water partition coefficient (Wildman–Crippen LogP) is 2.90. The van der Waals surface area contributed by atoms with Gasteiger partial charge in [0.15, 0.2) is 0 Å². The second-order valence-corrected chi connectivity index (χ2v) is 7.96. The summed E-state index contributed by atoms with van der Waals surface area (Å²) in [7, 11) is 1.44. The summed E-state index contributed by atoms with van der Waals surface area (Å²) in [5.41, 5.74) is 0.296. The second-order valence-electron chi connectivity index (χ2n) is 4.57. The number of carbonyl (C=O) groups excluding carboxylic acids is 1. The summed E-state index contributed by atoms with van der Waals surface area (Å²) in [5.74, 6) is 0.269. The summed E-state index contributed by atoms with van der Waals surface area (Å²) in [4.78, 5) is 11.9. The lowest BCUT2D eigenvalue weighted by Gasteiger charge is -2.06. The highest BCUT2D eigenvalue weighted by molar-refractivity contribution is 9.10. The van der Waals surface area contributed by atoms with E-state index in [1.807, 2.05) is 0 Å². The maximum atomic E-state index is 12.0. The number of amides is 1. The predicted molar refractivity (Wildman–Crippen MR) is 76.8 cm³/mol. The van der Waals surface area contributed by atoms with E-state index < -0.39 is 9.05 Å². The van der Waals surface area contributed by atoms with Crippen LogP contribution in [-0.4, -0.2) is 20.4 Å². The molecular weight excluding hydrogens is 354 g/mol. The van der Waals surface area contributed by atoms with Crippen molar-refractivity contribution >= 4 is 41.6 Å². The van der Waals surface area contributed by atoms with Crippen molar-refractivity contribution in [2.24, 2.45) is 5.92 Å². The molecule has 0 spiro atoms. The van der Waals surface area contributed by atoms with Gasteiger partial charge in [-0.25, -0.2) is 8.42 Å². The van der Waals surface area contributed by atoms with Gasteiger partial charge in [-0.3, -0.25) is 4.79 Å². The first kappa shape index (κ1) is 14.8. The van der Waals surface area contributed by atoms with Gasteiger partial charge >= 0.3 is 0 Å². The molecule has 1 aromatic carbocycles. The fraction of sp³-hybridized carbons (Fsp3) is 0.417. The zero-order valence-corrected chi connectivity index (χ0v) is 13.3. The molecule has 2 atom stereocenters. The molecule has 0 aromatic heterocycles. The molecule has 104 valence electrons. The lowest BCUT2D eigenvalue weighted by Crippen LogP contribution is -2.26. The van der Waals surface area contributed by atoms with Gasteiger partial charge in [0.05, 0.1) is 4.90 Å². The summed E-state index contributed by atoms with van der Waals surface area (Å²) in [5, 5.41) is 2.88. The van der Waals surface area contributed by atoms with Crippen molar-refractivity contribution in [1.82, 2.24) is 5.32 Å². The Balaban J connectivity index is 2.19. The van der Waals surface area contributed by atoms with Crippen LogP contribution in [0.5, 0.6) is 0 Å². The van der Waals surface area contributed by atoms with Crippen LogP contribution in [-0.2, 0) is 9.05 Å². The average molecular weight is 367 g/mol. The van der Waals surface area contributed by atoms with Gasteiger partial charge in [0.2, 0.25) is 0 Å². The molecule has 0 saturated heterocycles. The number of rotatable bonds is 4. The minimum atomic E-state index is -3.87. The summed E-state index contributed by atoms with van der Waals surface area (Å²) in [6.07, 6.45) is 2.02. The van der Waals surface area contributed by atoms with Crippen molar-refractivity contribution in [3.05, 3.63) is 28.2 Å². The van der Waals surface area contributed by atoms with E-state index in [4.69, 9.17) is 10.7 Å². The molecule has 4 nitrogen and oxygen atoms in total. The third kappa shape index (κ3) is 3.49. The first-order chi connectivity index (χ1) is 8.82. The quantitative estimate of drug-likeness (QED) is 0.833. The van der Waals surface area contributed by atoms with Crippen LogP contribution in [0.3, 0.4) is 0 Å². The molecule has 0 heterocycles. The topological polar surface area (TPSA) is 63.2 Å². The number of hydrogen-bond donors (Lipinski definition) is 1. The Bertz CT molecular complexity index is 617. The van der Waals surface area contributed by atoms with Gasteiger partial charge in [-0.05, 0) is 46.5 Å². The van der Waals surface area contributed by atoms with E-state index in [1.165, 1.54) is 12.1 Å². The summed E-state index contributed by atoms with van der Waals surface area (Å²) in [6, 6.07) is 4.56. The van der Waals surface area contributed by atoms with E-state index in [-0.39, 0.29) is 16.8 Å². The highest BCUT2D eigenvalue weighted by atomic mass is 79.9. The number of benzene rings is 1. The largest absolute Gasteiger partial charge is 0.349 e. The summed E-state index contributed by atoms with van der Waals surface area (Å²) in [6.45, 7) is 2.08. The van der Waals surface area contributed by atoms with Crippen LogP contribution in [0.2, 0.25) is 0 Å². The molecule has 0 aliphatic heterocycles. The molecule has 1 aromatic rings. The normalized spacial score (nSPS) is 22.1. The van der Waals surface area contributed by atoms with Crippen molar-refractivity contribution in [2.45, 2.75) is 30.7 Å². The van der Waals surface area contributed by atoms with Crippen molar-refractivity contribution < 1.29 is 13.2 Å². The molecule has 2 unspecified atom stereocenters. The standard InChI is InChI=1S/C12H13BrClNO3S/c1-2-7-5-10(7)15-12(16)8-3-4-9(13)11(6-8)19(14,17)18/h3-4,6-7,10H,2,5H2,1H3,(H,15,16). The molecular formula is C12H13BrClNO3S. The van der Waals surface area contributed by atoms with E-state index in [0.29, 0.717) is 16.0 Å². The van der Waals surface area contributed by atoms with E-state index in [1.54, 1.807) is 6.07 Å². The van der Waals surface area contributed by atoms with Crippen LogP contribution in [0.1, 0.15) is 30.1 Å². The van der Waals surface area contributed by atoms with Crippen LogP contribution in [0.4, 0.5) is 0 Å². The molecule has 1 fully saturated rings. The Morgan fingerprint density at radius 2 is 2.21 bits per heavy atom. The van der Waals surface area contributed by atoms with Gasteiger partial charge in [-0.2, -0.15) is 0 Å². The fourth-order valence-corrected chi connectivity index (χ4v) is 4.08. The van der Waals surface area contributed by atoms with Crippen LogP contribution in [0, 0.1) is 5.92 Å². The molecule has 7 heteroatoms.